The first-order valence-corrected chi connectivity index (χ1v) is 6.91. The minimum Gasteiger partial charge on any atom is -0.481 e. The highest BCUT2D eigenvalue weighted by molar-refractivity contribution is 5.90. The number of nitrogens with one attached hydrogen (secondary N) is 2. The summed E-state index contributed by atoms with van der Waals surface area (Å²) < 4.78 is 0. The summed E-state index contributed by atoms with van der Waals surface area (Å²) in [4.78, 5) is 23.1. The Morgan fingerprint density at radius 2 is 2.05 bits per heavy atom. The van der Waals surface area contributed by atoms with Crippen LogP contribution in [0.4, 0.5) is 10.5 Å². The van der Waals surface area contributed by atoms with Crippen LogP contribution >= 0.6 is 0 Å². The summed E-state index contributed by atoms with van der Waals surface area (Å²) in [5, 5.41) is 14.5. The smallest absolute Gasteiger partial charge is 0.319 e. The Bertz CT molecular complexity index is 583. The lowest BCUT2D eigenvalue weighted by molar-refractivity contribution is -0.138. The summed E-state index contributed by atoms with van der Waals surface area (Å²) >= 11 is 0. The number of rotatable bonds is 4. The van der Waals surface area contributed by atoms with Crippen molar-refractivity contribution in [3.8, 4) is 12.3 Å². The zero-order valence-electron chi connectivity index (χ0n) is 11.7. The molecule has 1 saturated carbocycles. The highest BCUT2D eigenvalue weighted by Crippen LogP contribution is 2.32. The van der Waals surface area contributed by atoms with E-state index >= 15 is 0 Å². The fourth-order valence-corrected chi connectivity index (χ4v) is 2.78. The molecule has 0 atom stereocenters. The maximum Gasteiger partial charge on any atom is 0.319 e. The average Bonchev–Trinajstić information content (AvgIpc) is 2.85. The van der Waals surface area contributed by atoms with Crippen LogP contribution in [0.5, 0.6) is 0 Å². The van der Waals surface area contributed by atoms with Crippen LogP contribution in [-0.4, -0.2) is 22.6 Å². The molecule has 0 heterocycles. The summed E-state index contributed by atoms with van der Waals surface area (Å²) in [7, 11) is 0. The second-order valence-electron chi connectivity index (χ2n) is 5.36. The molecular weight excluding hydrogens is 268 g/mol. The SMILES string of the molecule is C#Cc1cccc(NC(=O)NC2(CC(=O)O)CCCC2)c1. The Kier molecular flexibility index (Phi) is 4.49. The molecule has 2 amide bonds. The number of benzene rings is 1. The van der Waals surface area contributed by atoms with Crippen LogP contribution in [0.1, 0.15) is 37.7 Å². The van der Waals surface area contributed by atoms with E-state index in [1.165, 1.54) is 0 Å². The van der Waals surface area contributed by atoms with Gasteiger partial charge in [-0.2, -0.15) is 0 Å². The van der Waals surface area contributed by atoms with E-state index in [-0.39, 0.29) is 6.42 Å². The summed E-state index contributed by atoms with van der Waals surface area (Å²) in [5.74, 6) is 1.60. The van der Waals surface area contributed by atoms with Gasteiger partial charge >= 0.3 is 12.0 Å². The Balaban J connectivity index is 2.02. The number of terminal acetylenes is 1. The Morgan fingerprint density at radius 3 is 2.67 bits per heavy atom. The van der Waals surface area contributed by atoms with E-state index in [9.17, 15) is 9.59 Å². The van der Waals surface area contributed by atoms with Gasteiger partial charge in [0.1, 0.15) is 0 Å². The third-order valence-electron chi connectivity index (χ3n) is 3.72. The highest BCUT2D eigenvalue weighted by Gasteiger charge is 2.37. The number of urea groups is 1. The van der Waals surface area contributed by atoms with Crippen molar-refractivity contribution in [2.75, 3.05) is 5.32 Å². The molecule has 1 aliphatic carbocycles. The molecule has 0 bridgehead atoms. The van der Waals surface area contributed by atoms with Crippen LogP contribution in [0.15, 0.2) is 24.3 Å². The molecule has 1 aromatic rings. The zero-order valence-corrected chi connectivity index (χ0v) is 11.7. The Hall–Kier alpha value is -2.48. The molecule has 0 aliphatic heterocycles. The number of carboxylic acids is 1. The van der Waals surface area contributed by atoms with Gasteiger partial charge in [0.25, 0.3) is 0 Å². The third-order valence-corrected chi connectivity index (χ3v) is 3.72. The summed E-state index contributed by atoms with van der Waals surface area (Å²) in [6.45, 7) is 0. The summed E-state index contributed by atoms with van der Waals surface area (Å²) in [6.07, 6.45) is 8.51. The van der Waals surface area contributed by atoms with Crippen LogP contribution in [-0.2, 0) is 4.79 Å². The monoisotopic (exact) mass is 286 g/mol. The number of amides is 2. The first-order valence-electron chi connectivity index (χ1n) is 6.91. The van der Waals surface area contributed by atoms with Crippen LogP contribution < -0.4 is 10.6 Å². The first-order chi connectivity index (χ1) is 10.0. The van der Waals surface area contributed by atoms with Crippen molar-refractivity contribution in [1.82, 2.24) is 5.32 Å². The maximum atomic E-state index is 12.1. The van der Waals surface area contributed by atoms with Gasteiger partial charge in [-0.25, -0.2) is 4.79 Å². The normalized spacial score (nSPS) is 16.0. The Labute approximate surface area is 123 Å². The molecule has 0 aromatic heterocycles. The van der Waals surface area contributed by atoms with E-state index in [4.69, 9.17) is 11.5 Å². The number of hydrogen-bond acceptors (Lipinski definition) is 2. The average molecular weight is 286 g/mol. The van der Waals surface area contributed by atoms with Gasteiger partial charge in [0, 0.05) is 11.3 Å². The number of carboxylic acid groups (broad SMARTS) is 1. The highest BCUT2D eigenvalue weighted by atomic mass is 16.4. The largest absolute Gasteiger partial charge is 0.481 e. The number of carbonyl (C=O) groups excluding carboxylic acids is 1. The van der Waals surface area contributed by atoms with Gasteiger partial charge in [-0.05, 0) is 31.0 Å². The molecule has 0 spiro atoms. The van der Waals surface area contributed by atoms with Crippen molar-refractivity contribution >= 4 is 17.7 Å². The lowest BCUT2D eigenvalue weighted by atomic mass is 9.93. The van der Waals surface area contributed by atoms with E-state index in [1.54, 1.807) is 24.3 Å². The molecule has 0 radical (unpaired) electrons. The van der Waals surface area contributed by atoms with Crippen LogP contribution in [0.2, 0.25) is 0 Å². The quantitative estimate of drug-likeness (QED) is 0.744. The minimum absolute atomic E-state index is 0.0508. The van der Waals surface area contributed by atoms with E-state index in [0.29, 0.717) is 24.1 Å². The molecule has 5 nitrogen and oxygen atoms in total. The predicted octanol–water partition coefficient (Wildman–Crippen LogP) is 2.58. The second kappa shape index (κ2) is 6.31. The lowest BCUT2D eigenvalue weighted by Gasteiger charge is -2.28. The molecule has 0 saturated heterocycles. The third kappa shape index (κ3) is 3.99. The van der Waals surface area contributed by atoms with Crippen molar-refractivity contribution in [3.05, 3.63) is 29.8 Å². The minimum atomic E-state index is -0.897. The van der Waals surface area contributed by atoms with Crippen molar-refractivity contribution in [1.29, 1.82) is 0 Å². The fourth-order valence-electron chi connectivity index (χ4n) is 2.78. The first kappa shape index (κ1) is 14.9. The summed E-state index contributed by atoms with van der Waals surface area (Å²) in [5.41, 5.74) is 0.625. The van der Waals surface area contributed by atoms with E-state index in [2.05, 4.69) is 16.6 Å². The molecule has 2 rings (SSSR count). The van der Waals surface area contributed by atoms with Crippen LogP contribution in [0.3, 0.4) is 0 Å². The van der Waals surface area contributed by atoms with Gasteiger partial charge in [-0.15, -0.1) is 6.42 Å². The van der Waals surface area contributed by atoms with E-state index in [0.717, 1.165) is 12.8 Å². The van der Waals surface area contributed by atoms with Gasteiger partial charge in [0.15, 0.2) is 0 Å². The fraction of sp³-hybridized carbons (Fsp3) is 0.375. The molecule has 1 aliphatic rings. The molecule has 0 unspecified atom stereocenters. The molecule has 3 N–H and O–H groups in total. The number of aliphatic carboxylic acids is 1. The molecule has 1 aromatic carbocycles. The van der Waals surface area contributed by atoms with E-state index in [1.807, 2.05) is 0 Å². The van der Waals surface area contributed by atoms with Crippen molar-refractivity contribution in [2.24, 2.45) is 0 Å². The topological polar surface area (TPSA) is 78.4 Å². The molecular formula is C16H18N2O3. The van der Waals surface area contributed by atoms with Crippen LogP contribution in [0, 0.1) is 12.3 Å². The number of carbonyl (C=O) groups is 2. The molecule has 21 heavy (non-hydrogen) atoms. The second-order valence-corrected chi connectivity index (χ2v) is 5.36. The van der Waals surface area contributed by atoms with Crippen LogP contribution in [0.25, 0.3) is 0 Å². The van der Waals surface area contributed by atoms with Crippen molar-refractivity contribution in [2.45, 2.75) is 37.6 Å². The number of anilines is 1. The molecule has 1 fully saturated rings. The van der Waals surface area contributed by atoms with Gasteiger partial charge in [-0.1, -0.05) is 24.8 Å². The van der Waals surface area contributed by atoms with Gasteiger partial charge < -0.3 is 15.7 Å². The molecule has 110 valence electrons. The van der Waals surface area contributed by atoms with Gasteiger partial charge in [-0.3, -0.25) is 4.79 Å². The van der Waals surface area contributed by atoms with E-state index < -0.39 is 17.5 Å². The standard InChI is InChI=1S/C16H18N2O3/c1-2-12-6-5-7-13(10-12)17-15(21)18-16(11-14(19)20)8-3-4-9-16/h1,5-7,10H,3-4,8-9,11H2,(H,19,20)(H2,17,18,21). The van der Waals surface area contributed by atoms with Crippen molar-refractivity contribution < 1.29 is 14.7 Å². The predicted molar refractivity (Wildman–Crippen MR) is 80.0 cm³/mol. The lowest BCUT2D eigenvalue weighted by Crippen LogP contribution is -2.49. The van der Waals surface area contributed by atoms with Crippen molar-refractivity contribution in [3.63, 3.8) is 0 Å². The zero-order chi connectivity index (χ0) is 15.3. The Morgan fingerprint density at radius 1 is 1.33 bits per heavy atom. The summed E-state index contributed by atoms with van der Waals surface area (Å²) in [6, 6.07) is 6.56. The van der Waals surface area contributed by atoms with Gasteiger partial charge in [0.2, 0.25) is 0 Å². The maximum absolute atomic E-state index is 12.1. The molecule has 5 heteroatoms. The number of hydrogen-bond donors (Lipinski definition) is 3. The van der Waals surface area contributed by atoms with Gasteiger partial charge in [0.05, 0.1) is 12.0 Å².